The van der Waals surface area contributed by atoms with Gasteiger partial charge in [-0.05, 0) is 98.6 Å². The standard InChI is InChI=1S/C29H31N3O3/c33-24-9-5-21(6-10-24)27-20-22-19-25(34)11-14-28(22)31-29(27)30-23-7-12-26(13-8-23)35-18-4-17-32-15-2-1-3-16-32/h5-14,19-20,33-34H,1-4,15-18H2,(H,30,31). The highest BCUT2D eigenvalue weighted by Gasteiger charge is 2.12. The molecule has 5 rings (SSSR count). The third-order valence-corrected chi connectivity index (χ3v) is 6.43. The monoisotopic (exact) mass is 469 g/mol. The van der Waals surface area contributed by atoms with Crippen molar-refractivity contribution in [1.82, 2.24) is 9.88 Å². The average molecular weight is 470 g/mol. The van der Waals surface area contributed by atoms with E-state index in [-0.39, 0.29) is 11.5 Å². The number of piperidine rings is 1. The molecule has 1 saturated heterocycles. The summed E-state index contributed by atoms with van der Waals surface area (Å²) in [5.74, 6) is 1.96. The van der Waals surface area contributed by atoms with E-state index in [0.29, 0.717) is 12.4 Å². The molecule has 0 aliphatic carbocycles. The summed E-state index contributed by atoms with van der Waals surface area (Å²) in [5.41, 5.74) is 3.47. The van der Waals surface area contributed by atoms with Gasteiger partial charge in [0.1, 0.15) is 23.1 Å². The summed E-state index contributed by atoms with van der Waals surface area (Å²) in [5, 5.41) is 23.9. The van der Waals surface area contributed by atoms with Crippen molar-refractivity contribution in [3.8, 4) is 28.4 Å². The molecule has 3 N–H and O–H groups in total. The Morgan fingerprint density at radius 1 is 0.829 bits per heavy atom. The Morgan fingerprint density at radius 2 is 1.57 bits per heavy atom. The number of nitrogens with zero attached hydrogens (tertiary/aromatic N) is 2. The van der Waals surface area contributed by atoms with Gasteiger partial charge < -0.3 is 25.2 Å². The largest absolute Gasteiger partial charge is 0.508 e. The second-order valence-corrected chi connectivity index (χ2v) is 9.06. The highest BCUT2D eigenvalue weighted by molar-refractivity contribution is 5.91. The van der Waals surface area contributed by atoms with Crippen LogP contribution >= 0.6 is 0 Å². The Bertz CT molecular complexity index is 1270. The maximum Gasteiger partial charge on any atom is 0.138 e. The fourth-order valence-corrected chi connectivity index (χ4v) is 4.55. The molecule has 35 heavy (non-hydrogen) atoms. The van der Waals surface area contributed by atoms with Crippen LogP contribution in [0.2, 0.25) is 0 Å². The van der Waals surface area contributed by atoms with Gasteiger partial charge in [-0.3, -0.25) is 0 Å². The summed E-state index contributed by atoms with van der Waals surface area (Å²) in [6, 6.07) is 22.1. The van der Waals surface area contributed by atoms with Crippen molar-refractivity contribution in [2.75, 3.05) is 31.6 Å². The smallest absolute Gasteiger partial charge is 0.138 e. The first kappa shape index (κ1) is 23.0. The lowest BCUT2D eigenvalue weighted by atomic mass is 10.0. The van der Waals surface area contributed by atoms with Gasteiger partial charge in [0.25, 0.3) is 0 Å². The first-order valence-corrected chi connectivity index (χ1v) is 12.3. The molecule has 180 valence electrons. The third-order valence-electron chi connectivity index (χ3n) is 6.43. The molecule has 2 heterocycles. The average Bonchev–Trinajstić information content (AvgIpc) is 2.88. The Labute approximate surface area is 205 Å². The Hall–Kier alpha value is -3.77. The number of likely N-dealkylation sites (tertiary alicyclic amines) is 1. The molecular weight excluding hydrogens is 438 g/mol. The SMILES string of the molecule is Oc1ccc(-c2cc3cc(O)ccc3nc2Nc2ccc(OCCCN3CCCCC3)cc2)cc1. The van der Waals surface area contributed by atoms with Gasteiger partial charge in [-0.2, -0.15) is 0 Å². The number of anilines is 2. The number of ether oxygens (including phenoxy) is 1. The number of pyridine rings is 1. The van der Waals surface area contributed by atoms with Gasteiger partial charge in [0.15, 0.2) is 0 Å². The van der Waals surface area contributed by atoms with Crippen LogP contribution in [-0.4, -0.2) is 46.3 Å². The Kier molecular flexibility index (Phi) is 7.00. The van der Waals surface area contributed by atoms with Crippen molar-refractivity contribution in [2.24, 2.45) is 0 Å². The van der Waals surface area contributed by atoms with Gasteiger partial charge in [-0.25, -0.2) is 4.98 Å². The molecule has 1 fully saturated rings. The number of phenolic OH excluding ortho intramolecular Hbond substituents is 2. The van der Waals surface area contributed by atoms with Crippen molar-refractivity contribution >= 4 is 22.4 Å². The topological polar surface area (TPSA) is 77.8 Å². The zero-order valence-corrected chi connectivity index (χ0v) is 19.8. The van der Waals surface area contributed by atoms with Gasteiger partial charge in [-0.15, -0.1) is 0 Å². The number of benzene rings is 3. The van der Waals surface area contributed by atoms with E-state index >= 15 is 0 Å². The summed E-state index contributed by atoms with van der Waals surface area (Å²) in [4.78, 5) is 7.35. The maximum atomic E-state index is 9.91. The molecule has 1 aliphatic heterocycles. The quantitative estimate of drug-likeness (QED) is 0.263. The molecule has 0 saturated carbocycles. The molecule has 0 unspecified atom stereocenters. The molecule has 4 aromatic rings. The van der Waals surface area contributed by atoms with E-state index in [9.17, 15) is 10.2 Å². The molecule has 6 nitrogen and oxygen atoms in total. The van der Waals surface area contributed by atoms with Crippen LogP contribution in [0.4, 0.5) is 11.5 Å². The number of fused-ring (bicyclic) bond motifs is 1. The summed E-state index contributed by atoms with van der Waals surface area (Å²) < 4.78 is 5.96. The van der Waals surface area contributed by atoms with E-state index in [4.69, 9.17) is 9.72 Å². The third kappa shape index (κ3) is 5.84. The van der Waals surface area contributed by atoms with Crippen LogP contribution in [0.5, 0.6) is 17.2 Å². The number of phenols is 2. The molecule has 3 aromatic carbocycles. The molecular formula is C29H31N3O3. The van der Waals surface area contributed by atoms with Gasteiger partial charge in [-0.1, -0.05) is 18.6 Å². The number of aromatic nitrogens is 1. The molecule has 0 amide bonds. The van der Waals surface area contributed by atoms with Crippen molar-refractivity contribution in [3.05, 3.63) is 72.8 Å². The molecule has 0 spiro atoms. The van der Waals surface area contributed by atoms with E-state index in [2.05, 4.69) is 10.2 Å². The van der Waals surface area contributed by atoms with Gasteiger partial charge in [0.05, 0.1) is 12.1 Å². The fraction of sp³-hybridized carbons (Fsp3) is 0.276. The van der Waals surface area contributed by atoms with Crippen molar-refractivity contribution in [3.63, 3.8) is 0 Å². The minimum atomic E-state index is 0.197. The van der Waals surface area contributed by atoms with Gasteiger partial charge >= 0.3 is 0 Å². The van der Waals surface area contributed by atoms with E-state index in [1.807, 2.05) is 42.5 Å². The molecule has 6 heteroatoms. The van der Waals surface area contributed by atoms with E-state index < -0.39 is 0 Å². The molecule has 1 aromatic heterocycles. The van der Waals surface area contributed by atoms with E-state index in [1.54, 1.807) is 30.3 Å². The van der Waals surface area contributed by atoms with Gasteiger partial charge in [0.2, 0.25) is 0 Å². The highest BCUT2D eigenvalue weighted by atomic mass is 16.5. The van der Waals surface area contributed by atoms with Crippen molar-refractivity contribution in [2.45, 2.75) is 25.7 Å². The zero-order chi connectivity index (χ0) is 24.0. The number of hydrogen-bond donors (Lipinski definition) is 3. The predicted octanol–water partition coefficient (Wildman–Crippen LogP) is 6.31. The number of hydrogen-bond acceptors (Lipinski definition) is 6. The number of rotatable bonds is 8. The molecule has 0 radical (unpaired) electrons. The summed E-state index contributed by atoms with van der Waals surface area (Å²) in [6.07, 6.45) is 5.03. The van der Waals surface area contributed by atoms with Crippen LogP contribution in [0.25, 0.3) is 22.0 Å². The lowest BCUT2D eigenvalue weighted by Crippen LogP contribution is -2.31. The maximum absolute atomic E-state index is 9.91. The Morgan fingerprint density at radius 3 is 2.34 bits per heavy atom. The normalized spacial score (nSPS) is 14.2. The second-order valence-electron chi connectivity index (χ2n) is 9.06. The molecule has 1 aliphatic rings. The predicted molar refractivity (Wildman–Crippen MR) is 141 cm³/mol. The first-order valence-electron chi connectivity index (χ1n) is 12.3. The van der Waals surface area contributed by atoms with Crippen LogP contribution in [0, 0.1) is 0 Å². The zero-order valence-electron chi connectivity index (χ0n) is 19.8. The summed E-state index contributed by atoms with van der Waals surface area (Å²) >= 11 is 0. The fourth-order valence-electron chi connectivity index (χ4n) is 4.55. The molecule has 0 bridgehead atoms. The van der Waals surface area contributed by atoms with Crippen LogP contribution in [0.3, 0.4) is 0 Å². The van der Waals surface area contributed by atoms with Crippen LogP contribution in [-0.2, 0) is 0 Å². The van der Waals surface area contributed by atoms with Gasteiger partial charge in [0, 0.05) is 23.2 Å². The second kappa shape index (κ2) is 10.7. The number of aromatic hydroxyl groups is 2. The van der Waals surface area contributed by atoms with Crippen LogP contribution < -0.4 is 10.1 Å². The van der Waals surface area contributed by atoms with E-state index in [0.717, 1.165) is 46.4 Å². The number of nitrogens with one attached hydrogen (secondary N) is 1. The van der Waals surface area contributed by atoms with Crippen LogP contribution in [0.1, 0.15) is 25.7 Å². The minimum Gasteiger partial charge on any atom is -0.508 e. The van der Waals surface area contributed by atoms with E-state index in [1.165, 1.54) is 32.4 Å². The summed E-state index contributed by atoms with van der Waals surface area (Å²) in [7, 11) is 0. The molecule has 0 atom stereocenters. The minimum absolute atomic E-state index is 0.197. The summed E-state index contributed by atoms with van der Waals surface area (Å²) in [6.45, 7) is 4.26. The lowest BCUT2D eigenvalue weighted by molar-refractivity contribution is 0.205. The lowest BCUT2D eigenvalue weighted by Gasteiger charge is -2.26. The van der Waals surface area contributed by atoms with Crippen molar-refractivity contribution in [1.29, 1.82) is 0 Å². The highest BCUT2D eigenvalue weighted by Crippen LogP contribution is 2.34. The van der Waals surface area contributed by atoms with Crippen molar-refractivity contribution < 1.29 is 14.9 Å². The first-order chi connectivity index (χ1) is 17.1. The Balaban J connectivity index is 1.29. The van der Waals surface area contributed by atoms with Crippen LogP contribution in [0.15, 0.2) is 72.8 Å².